The molecule has 0 bridgehead atoms. The van der Waals surface area contributed by atoms with Crippen LogP contribution >= 0.6 is 0 Å². The van der Waals surface area contributed by atoms with Gasteiger partial charge in [0.25, 0.3) is 0 Å². The first-order valence-corrected chi connectivity index (χ1v) is 11.4. The third kappa shape index (κ3) is 5.20. The van der Waals surface area contributed by atoms with Gasteiger partial charge in [-0.2, -0.15) is 4.31 Å². The minimum Gasteiger partial charge on any atom is -0.334 e. The van der Waals surface area contributed by atoms with Gasteiger partial charge in [-0.25, -0.2) is 8.42 Å². The minimum atomic E-state index is -3.45. The van der Waals surface area contributed by atoms with Gasteiger partial charge in [0.1, 0.15) is 0 Å². The molecule has 150 valence electrons. The summed E-state index contributed by atoms with van der Waals surface area (Å²) in [4.78, 5) is 14.9. The fourth-order valence-corrected chi connectivity index (χ4v) is 5.21. The Morgan fingerprint density at radius 1 is 1.11 bits per heavy atom. The molecule has 1 saturated carbocycles. The highest BCUT2D eigenvalue weighted by Gasteiger charge is 2.27. The quantitative estimate of drug-likeness (QED) is 0.630. The Balaban J connectivity index is 2.12. The Morgan fingerprint density at radius 3 is 2.15 bits per heavy atom. The van der Waals surface area contributed by atoms with Gasteiger partial charge in [-0.1, -0.05) is 38.8 Å². The van der Waals surface area contributed by atoms with Crippen LogP contribution in [-0.4, -0.2) is 48.7 Å². The zero-order valence-corrected chi connectivity index (χ0v) is 17.7. The lowest BCUT2D eigenvalue weighted by Crippen LogP contribution is -2.42. The van der Waals surface area contributed by atoms with Crippen molar-refractivity contribution in [1.82, 2.24) is 9.21 Å². The minimum absolute atomic E-state index is 0.0248. The highest BCUT2D eigenvalue weighted by molar-refractivity contribution is 7.89. The normalized spacial score (nSPS) is 15.9. The molecule has 0 saturated heterocycles. The molecular weight excluding hydrogens is 360 g/mol. The molecule has 0 radical (unpaired) electrons. The monoisotopic (exact) mass is 392 g/mol. The summed E-state index contributed by atoms with van der Waals surface area (Å²) in [6, 6.07) is 7.21. The molecule has 0 spiro atoms. The first kappa shape index (κ1) is 21.6. The number of hydrogen-bond acceptors (Lipinski definition) is 3. The third-order valence-corrected chi connectivity index (χ3v) is 7.23. The van der Waals surface area contributed by atoms with E-state index in [0.717, 1.165) is 18.4 Å². The molecule has 0 atom stereocenters. The molecule has 27 heavy (non-hydrogen) atoms. The van der Waals surface area contributed by atoms with Crippen molar-refractivity contribution in [1.29, 1.82) is 0 Å². The van der Waals surface area contributed by atoms with E-state index in [1.807, 2.05) is 18.7 Å². The molecule has 1 aliphatic carbocycles. The standard InChI is InChI=1S/C21H32N2O3S/c1-5-22(6-2)27(25,26)20-14-11-18(12-15-20)13-16-21(24)23(17(3)4)19-9-7-8-10-19/h11-17,19H,5-10H2,1-4H3/b16-13+. The SMILES string of the molecule is CCN(CC)S(=O)(=O)c1ccc(/C=C/C(=O)N(C(C)C)C2CCCC2)cc1. The van der Waals surface area contributed by atoms with Crippen molar-refractivity contribution in [3.8, 4) is 0 Å². The molecule has 1 fully saturated rings. The smallest absolute Gasteiger partial charge is 0.247 e. The number of sulfonamides is 1. The number of rotatable bonds is 8. The topological polar surface area (TPSA) is 57.7 Å². The van der Waals surface area contributed by atoms with Crippen molar-refractivity contribution < 1.29 is 13.2 Å². The van der Waals surface area contributed by atoms with Gasteiger partial charge >= 0.3 is 0 Å². The van der Waals surface area contributed by atoms with Crippen molar-refractivity contribution in [3.05, 3.63) is 35.9 Å². The number of nitrogens with zero attached hydrogens (tertiary/aromatic N) is 2. The van der Waals surface area contributed by atoms with Crippen molar-refractivity contribution >= 4 is 22.0 Å². The Labute approximate surface area is 164 Å². The summed E-state index contributed by atoms with van der Waals surface area (Å²) in [5.74, 6) is 0.0248. The number of hydrogen-bond donors (Lipinski definition) is 0. The van der Waals surface area contributed by atoms with Crippen molar-refractivity contribution in [3.63, 3.8) is 0 Å². The van der Waals surface area contributed by atoms with Gasteiger partial charge < -0.3 is 4.90 Å². The molecule has 2 rings (SSSR count). The van der Waals surface area contributed by atoms with Crippen LogP contribution in [0.2, 0.25) is 0 Å². The van der Waals surface area contributed by atoms with Gasteiger partial charge in [-0.15, -0.1) is 0 Å². The van der Waals surface area contributed by atoms with Crippen molar-refractivity contribution in [2.75, 3.05) is 13.1 Å². The van der Waals surface area contributed by atoms with Crippen molar-refractivity contribution in [2.24, 2.45) is 0 Å². The van der Waals surface area contributed by atoms with Gasteiger partial charge in [0.05, 0.1) is 4.90 Å². The maximum Gasteiger partial charge on any atom is 0.247 e. The van der Waals surface area contributed by atoms with E-state index in [-0.39, 0.29) is 16.8 Å². The van der Waals surface area contributed by atoms with E-state index in [0.29, 0.717) is 19.1 Å². The predicted octanol–water partition coefficient (Wildman–Crippen LogP) is 3.91. The second-order valence-corrected chi connectivity index (χ2v) is 9.21. The van der Waals surface area contributed by atoms with Crippen LogP contribution in [0.5, 0.6) is 0 Å². The van der Waals surface area contributed by atoms with E-state index in [4.69, 9.17) is 0 Å². The van der Waals surface area contributed by atoms with Gasteiger partial charge in [0, 0.05) is 31.2 Å². The van der Waals surface area contributed by atoms with E-state index >= 15 is 0 Å². The van der Waals surface area contributed by atoms with E-state index in [2.05, 4.69) is 13.8 Å². The molecule has 0 N–H and O–H groups in total. The predicted molar refractivity (Wildman–Crippen MR) is 110 cm³/mol. The molecule has 1 amide bonds. The maximum absolute atomic E-state index is 12.7. The molecule has 5 nitrogen and oxygen atoms in total. The number of carbonyl (C=O) groups is 1. The van der Waals surface area contributed by atoms with Crippen molar-refractivity contribution in [2.45, 2.75) is 70.4 Å². The number of carbonyl (C=O) groups excluding carboxylic acids is 1. The Kier molecular flexibility index (Phi) is 7.62. The zero-order valence-electron chi connectivity index (χ0n) is 16.9. The fourth-order valence-electron chi connectivity index (χ4n) is 3.76. The molecule has 0 heterocycles. The van der Waals surface area contributed by atoms with E-state index in [9.17, 15) is 13.2 Å². The van der Waals surface area contributed by atoms with Crippen LogP contribution < -0.4 is 0 Å². The van der Waals surface area contributed by atoms with Crippen LogP contribution in [0.3, 0.4) is 0 Å². The first-order chi connectivity index (χ1) is 12.8. The molecular formula is C21H32N2O3S. The molecule has 1 aliphatic rings. The van der Waals surface area contributed by atoms with Crippen LogP contribution in [0.15, 0.2) is 35.2 Å². The van der Waals surface area contributed by atoms with Crippen LogP contribution in [0.4, 0.5) is 0 Å². The molecule has 0 aromatic heterocycles. The Morgan fingerprint density at radius 2 is 1.67 bits per heavy atom. The van der Waals surface area contributed by atoms with E-state index < -0.39 is 10.0 Å². The summed E-state index contributed by atoms with van der Waals surface area (Å²) >= 11 is 0. The zero-order chi connectivity index (χ0) is 20.0. The highest BCUT2D eigenvalue weighted by atomic mass is 32.2. The lowest BCUT2D eigenvalue weighted by molar-refractivity contribution is -0.130. The van der Waals surface area contributed by atoms with Gasteiger partial charge in [0.2, 0.25) is 15.9 Å². The summed E-state index contributed by atoms with van der Waals surface area (Å²) in [7, 11) is -3.45. The maximum atomic E-state index is 12.7. The molecule has 1 aromatic carbocycles. The van der Waals surface area contributed by atoms with E-state index in [1.165, 1.54) is 17.1 Å². The van der Waals surface area contributed by atoms with Crippen LogP contribution in [-0.2, 0) is 14.8 Å². The fraction of sp³-hybridized carbons (Fsp3) is 0.571. The summed E-state index contributed by atoms with van der Waals surface area (Å²) in [6.45, 7) is 8.65. The molecule has 0 unspecified atom stereocenters. The third-order valence-electron chi connectivity index (χ3n) is 5.17. The van der Waals surface area contributed by atoms with Crippen LogP contribution in [0.25, 0.3) is 6.08 Å². The molecule has 0 aliphatic heterocycles. The lowest BCUT2D eigenvalue weighted by atomic mass is 10.1. The summed E-state index contributed by atoms with van der Waals surface area (Å²) < 4.78 is 26.5. The Bertz CT molecular complexity index is 744. The lowest BCUT2D eigenvalue weighted by Gasteiger charge is -2.31. The van der Waals surface area contributed by atoms with Gasteiger partial charge in [-0.05, 0) is 50.5 Å². The van der Waals surface area contributed by atoms with Gasteiger partial charge in [-0.3, -0.25) is 4.79 Å². The summed E-state index contributed by atoms with van der Waals surface area (Å²) in [5, 5.41) is 0. The summed E-state index contributed by atoms with van der Waals surface area (Å²) in [6.07, 6.45) is 7.90. The molecule has 6 heteroatoms. The van der Waals surface area contributed by atoms with Crippen LogP contribution in [0.1, 0.15) is 58.9 Å². The molecule has 1 aromatic rings. The Hall–Kier alpha value is -1.66. The highest BCUT2D eigenvalue weighted by Crippen LogP contribution is 2.25. The second-order valence-electron chi connectivity index (χ2n) is 7.27. The number of benzene rings is 1. The summed E-state index contributed by atoms with van der Waals surface area (Å²) in [5.41, 5.74) is 0.817. The largest absolute Gasteiger partial charge is 0.334 e. The van der Waals surface area contributed by atoms with E-state index in [1.54, 1.807) is 36.4 Å². The average molecular weight is 393 g/mol. The number of amides is 1. The first-order valence-electron chi connectivity index (χ1n) is 9.91. The van der Waals surface area contributed by atoms with Crippen LogP contribution in [0, 0.1) is 0 Å². The second kappa shape index (κ2) is 9.51. The average Bonchev–Trinajstić information content (AvgIpc) is 3.15. The van der Waals surface area contributed by atoms with Gasteiger partial charge in [0.15, 0.2) is 0 Å².